The maximum absolute atomic E-state index is 13.5. The predicted octanol–water partition coefficient (Wildman–Crippen LogP) is 6.05. The van der Waals surface area contributed by atoms with Crippen LogP contribution < -0.4 is 0 Å². The Labute approximate surface area is 180 Å². The highest BCUT2D eigenvalue weighted by Gasteiger charge is 2.31. The lowest BCUT2D eigenvalue weighted by Gasteiger charge is -2.31. The molecule has 0 amide bonds. The number of rotatable bonds is 5. The first kappa shape index (κ1) is 20.4. The number of hydrogen-bond donors (Lipinski definition) is 0. The summed E-state index contributed by atoms with van der Waals surface area (Å²) in [6.07, 6.45) is 6.93. The summed E-state index contributed by atoms with van der Waals surface area (Å²) < 4.78 is 0. The highest BCUT2D eigenvalue weighted by atomic mass is 35.5. The molecule has 0 N–H and O–H groups in total. The molecule has 5 nitrogen and oxygen atoms in total. The third-order valence-electron chi connectivity index (χ3n) is 5.73. The van der Waals surface area contributed by atoms with E-state index < -0.39 is 4.92 Å². The third-order valence-corrected chi connectivity index (χ3v) is 6.06. The first-order valence-electron chi connectivity index (χ1n) is 10.3. The van der Waals surface area contributed by atoms with Crippen LogP contribution in [0.25, 0.3) is 6.08 Å². The number of nitro groups is 1. The van der Waals surface area contributed by atoms with Gasteiger partial charge in [0, 0.05) is 42.1 Å². The molecule has 1 saturated heterocycles. The highest BCUT2D eigenvalue weighted by molar-refractivity contribution is 6.35. The van der Waals surface area contributed by atoms with E-state index in [1.807, 2.05) is 18.2 Å². The lowest BCUT2D eigenvalue weighted by Crippen LogP contribution is -2.30. The Bertz CT molecular complexity index is 1040. The average Bonchev–Trinajstić information content (AvgIpc) is 3.18. The van der Waals surface area contributed by atoms with Gasteiger partial charge in [-0.1, -0.05) is 41.9 Å². The molecule has 0 aromatic heterocycles. The van der Waals surface area contributed by atoms with E-state index in [-0.39, 0.29) is 22.1 Å². The van der Waals surface area contributed by atoms with Gasteiger partial charge in [-0.3, -0.25) is 14.9 Å². The first-order valence-corrected chi connectivity index (χ1v) is 10.6. The predicted molar refractivity (Wildman–Crippen MR) is 119 cm³/mol. The SMILES string of the molecule is O=C(C1=C(N2CCCCC2)/C(=C\c2ccccc2)CC1)c1cc([N+](=O)[O-])ccc1Cl. The molecule has 4 rings (SSSR count). The van der Waals surface area contributed by atoms with Crippen molar-refractivity contribution >= 4 is 29.1 Å². The molecule has 0 saturated carbocycles. The molecule has 30 heavy (non-hydrogen) atoms. The van der Waals surface area contributed by atoms with E-state index in [0.717, 1.165) is 49.2 Å². The van der Waals surface area contributed by atoms with Crippen LogP contribution in [-0.4, -0.2) is 28.7 Å². The van der Waals surface area contributed by atoms with E-state index in [1.54, 1.807) is 0 Å². The van der Waals surface area contributed by atoms with Crippen LogP contribution in [0.15, 0.2) is 65.4 Å². The largest absolute Gasteiger partial charge is 0.371 e. The molecule has 0 atom stereocenters. The van der Waals surface area contributed by atoms with Crippen LogP contribution in [0, 0.1) is 10.1 Å². The number of non-ortho nitro benzene ring substituents is 1. The Morgan fingerprint density at radius 1 is 1.03 bits per heavy atom. The number of nitro benzene ring substituents is 1. The zero-order chi connectivity index (χ0) is 21.1. The van der Waals surface area contributed by atoms with E-state index in [1.165, 1.54) is 24.6 Å². The number of allylic oxidation sites excluding steroid dienone is 2. The normalized spacial score (nSPS) is 18.2. The van der Waals surface area contributed by atoms with E-state index in [4.69, 9.17) is 11.6 Å². The Morgan fingerprint density at radius 3 is 2.47 bits per heavy atom. The second-order valence-electron chi connectivity index (χ2n) is 7.71. The van der Waals surface area contributed by atoms with Gasteiger partial charge < -0.3 is 4.90 Å². The number of Topliss-reactive ketones (excluding diaryl/α,β-unsaturated/α-hetero) is 1. The van der Waals surface area contributed by atoms with Crippen molar-refractivity contribution in [1.82, 2.24) is 4.90 Å². The van der Waals surface area contributed by atoms with E-state index in [0.29, 0.717) is 12.0 Å². The maximum Gasteiger partial charge on any atom is 0.270 e. The molecule has 0 bridgehead atoms. The summed E-state index contributed by atoms with van der Waals surface area (Å²) in [7, 11) is 0. The monoisotopic (exact) mass is 422 g/mol. The molecule has 1 aliphatic heterocycles. The van der Waals surface area contributed by atoms with Crippen molar-refractivity contribution in [2.75, 3.05) is 13.1 Å². The summed E-state index contributed by atoms with van der Waals surface area (Å²) in [6, 6.07) is 14.1. The number of carbonyl (C=O) groups is 1. The molecule has 1 heterocycles. The van der Waals surface area contributed by atoms with Crippen LogP contribution in [0.4, 0.5) is 5.69 Å². The van der Waals surface area contributed by atoms with Gasteiger partial charge in [-0.05, 0) is 55.4 Å². The number of benzene rings is 2. The fourth-order valence-electron chi connectivity index (χ4n) is 4.28. The molecule has 2 aromatic carbocycles. The van der Waals surface area contributed by atoms with Gasteiger partial charge in [0.2, 0.25) is 0 Å². The molecule has 0 unspecified atom stereocenters. The summed E-state index contributed by atoms with van der Waals surface area (Å²) in [5, 5.41) is 11.4. The summed E-state index contributed by atoms with van der Waals surface area (Å²) >= 11 is 6.28. The van der Waals surface area contributed by atoms with Crippen molar-refractivity contribution in [3.8, 4) is 0 Å². The van der Waals surface area contributed by atoms with Crippen LogP contribution in [-0.2, 0) is 0 Å². The van der Waals surface area contributed by atoms with Crippen molar-refractivity contribution in [3.05, 3.63) is 91.6 Å². The zero-order valence-corrected chi connectivity index (χ0v) is 17.4. The lowest BCUT2D eigenvalue weighted by atomic mass is 9.99. The number of likely N-dealkylation sites (tertiary alicyclic amines) is 1. The highest BCUT2D eigenvalue weighted by Crippen LogP contribution is 2.39. The average molecular weight is 423 g/mol. The Balaban J connectivity index is 1.79. The van der Waals surface area contributed by atoms with Crippen molar-refractivity contribution in [1.29, 1.82) is 0 Å². The number of piperidine rings is 1. The standard InChI is InChI=1S/C24H23ClN2O3/c25-22-12-10-19(27(29)30)16-21(22)24(28)20-11-9-18(15-17-7-3-1-4-8-17)23(20)26-13-5-2-6-14-26/h1,3-4,7-8,10,12,15-16H,2,5-6,9,11,13-14H2/b18-15-. The summed E-state index contributed by atoms with van der Waals surface area (Å²) in [6.45, 7) is 1.84. The van der Waals surface area contributed by atoms with Crippen LogP contribution in [0.2, 0.25) is 5.02 Å². The van der Waals surface area contributed by atoms with Crippen LogP contribution in [0.3, 0.4) is 0 Å². The minimum atomic E-state index is -0.498. The number of carbonyl (C=O) groups excluding carboxylic acids is 1. The molecule has 1 fully saturated rings. The van der Waals surface area contributed by atoms with Crippen molar-refractivity contribution in [3.63, 3.8) is 0 Å². The molecular formula is C24H23ClN2O3. The fourth-order valence-corrected chi connectivity index (χ4v) is 4.48. The molecule has 1 aliphatic carbocycles. The van der Waals surface area contributed by atoms with E-state index in [2.05, 4.69) is 23.1 Å². The Kier molecular flexibility index (Phi) is 6.00. The minimum Gasteiger partial charge on any atom is -0.371 e. The molecule has 2 aromatic rings. The number of hydrogen-bond acceptors (Lipinski definition) is 4. The molecule has 6 heteroatoms. The van der Waals surface area contributed by atoms with Crippen molar-refractivity contribution in [2.24, 2.45) is 0 Å². The van der Waals surface area contributed by atoms with E-state index >= 15 is 0 Å². The summed E-state index contributed by atoms with van der Waals surface area (Å²) in [5.74, 6) is -0.208. The first-order chi connectivity index (χ1) is 14.5. The number of halogens is 1. The number of ketones is 1. The molecular weight excluding hydrogens is 400 g/mol. The Morgan fingerprint density at radius 2 is 1.77 bits per heavy atom. The second-order valence-corrected chi connectivity index (χ2v) is 8.11. The van der Waals surface area contributed by atoms with Crippen LogP contribution in [0.5, 0.6) is 0 Å². The van der Waals surface area contributed by atoms with Gasteiger partial charge in [0.05, 0.1) is 9.95 Å². The van der Waals surface area contributed by atoms with Gasteiger partial charge in [-0.25, -0.2) is 0 Å². The van der Waals surface area contributed by atoms with Crippen molar-refractivity contribution in [2.45, 2.75) is 32.1 Å². The Hall–Kier alpha value is -2.92. The fraction of sp³-hybridized carbons (Fsp3) is 0.292. The summed E-state index contributed by atoms with van der Waals surface area (Å²) in [4.78, 5) is 26.5. The third kappa shape index (κ3) is 4.17. The van der Waals surface area contributed by atoms with E-state index in [9.17, 15) is 14.9 Å². The van der Waals surface area contributed by atoms with Gasteiger partial charge in [0.15, 0.2) is 5.78 Å². The summed E-state index contributed by atoms with van der Waals surface area (Å²) in [5.41, 5.74) is 4.03. The zero-order valence-electron chi connectivity index (χ0n) is 16.6. The van der Waals surface area contributed by atoms with Gasteiger partial charge in [-0.2, -0.15) is 0 Å². The maximum atomic E-state index is 13.5. The minimum absolute atomic E-state index is 0.124. The molecule has 0 radical (unpaired) electrons. The smallest absolute Gasteiger partial charge is 0.270 e. The topological polar surface area (TPSA) is 63.5 Å². The molecule has 0 spiro atoms. The van der Waals surface area contributed by atoms with Gasteiger partial charge in [0.25, 0.3) is 5.69 Å². The van der Waals surface area contributed by atoms with Gasteiger partial charge >= 0.3 is 0 Å². The lowest BCUT2D eigenvalue weighted by molar-refractivity contribution is -0.384. The van der Waals surface area contributed by atoms with Crippen molar-refractivity contribution < 1.29 is 9.72 Å². The van der Waals surface area contributed by atoms with Crippen LogP contribution >= 0.6 is 11.6 Å². The molecule has 2 aliphatic rings. The molecule has 154 valence electrons. The second kappa shape index (κ2) is 8.84. The van der Waals surface area contributed by atoms with Crippen LogP contribution in [0.1, 0.15) is 48.0 Å². The quantitative estimate of drug-likeness (QED) is 0.334. The number of nitrogens with zero attached hydrogens (tertiary/aromatic N) is 2. The van der Waals surface area contributed by atoms with Gasteiger partial charge in [0.1, 0.15) is 0 Å². The van der Waals surface area contributed by atoms with Gasteiger partial charge in [-0.15, -0.1) is 0 Å².